The van der Waals surface area contributed by atoms with Gasteiger partial charge in [-0.1, -0.05) is 24.3 Å². The Labute approximate surface area is 184 Å². The average molecular weight is 433 g/mol. The van der Waals surface area contributed by atoms with E-state index in [0.717, 1.165) is 47.1 Å². The molecule has 1 fully saturated rings. The fourth-order valence-electron chi connectivity index (χ4n) is 4.11. The fourth-order valence-corrected chi connectivity index (χ4v) is 4.68. The Morgan fingerprint density at radius 1 is 1.23 bits per heavy atom. The zero-order valence-electron chi connectivity index (χ0n) is 17.4. The number of thiazole rings is 1. The first-order valence-corrected chi connectivity index (χ1v) is 11.4. The van der Waals surface area contributed by atoms with Gasteiger partial charge in [-0.25, -0.2) is 9.97 Å². The molecule has 158 valence electrons. The summed E-state index contributed by atoms with van der Waals surface area (Å²) in [5.74, 6) is -0.113. The van der Waals surface area contributed by atoms with Gasteiger partial charge in [-0.2, -0.15) is 0 Å². The van der Waals surface area contributed by atoms with Crippen LogP contribution in [0.3, 0.4) is 0 Å². The van der Waals surface area contributed by atoms with Gasteiger partial charge in [0.2, 0.25) is 0 Å². The van der Waals surface area contributed by atoms with Crippen LogP contribution in [0.1, 0.15) is 34.5 Å². The summed E-state index contributed by atoms with van der Waals surface area (Å²) in [5, 5.41) is 5.18. The van der Waals surface area contributed by atoms with Crippen molar-refractivity contribution in [1.82, 2.24) is 19.9 Å². The van der Waals surface area contributed by atoms with Gasteiger partial charge in [0, 0.05) is 43.4 Å². The van der Waals surface area contributed by atoms with Crippen LogP contribution in [-0.2, 0) is 18.2 Å². The summed E-state index contributed by atoms with van der Waals surface area (Å²) in [7, 11) is 2.01. The number of pyridine rings is 1. The molecule has 1 aromatic carbocycles. The summed E-state index contributed by atoms with van der Waals surface area (Å²) in [6, 6.07) is 12.5. The van der Waals surface area contributed by atoms with Gasteiger partial charge in [-0.3, -0.25) is 4.79 Å². The summed E-state index contributed by atoms with van der Waals surface area (Å²) in [6.07, 6.45) is 4.41. The number of hydrogen-bond donors (Lipinski definition) is 1. The molecule has 0 saturated carbocycles. The molecule has 31 heavy (non-hydrogen) atoms. The monoisotopic (exact) mass is 432 g/mol. The molecule has 1 amide bonds. The number of fused-ring (bicyclic) bond motifs is 1. The predicted molar refractivity (Wildman–Crippen MR) is 122 cm³/mol. The summed E-state index contributed by atoms with van der Waals surface area (Å²) in [6.45, 7) is 1.39. The van der Waals surface area contributed by atoms with Crippen molar-refractivity contribution < 1.29 is 9.53 Å². The van der Waals surface area contributed by atoms with Gasteiger partial charge >= 0.3 is 0 Å². The highest BCUT2D eigenvalue weighted by Crippen LogP contribution is 2.24. The Hall–Kier alpha value is -3.03. The third-order valence-corrected chi connectivity index (χ3v) is 6.36. The highest BCUT2D eigenvalue weighted by molar-refractivity contribution is 7.07. The third-order valence-electron chi connectivity index (χ3n) is 5.77. The van der Waals surface area contributed by atoms with E-state index < -0.39 is 0 Å². The van der Waals surface area contributed by atoms with Crippen molar-refractivity contribution in [3.8, 4) is 11.3 Å². The maximum atomic E-state index is 12.9. The lowest BCUT2D eigenvalue weighted by Crippen LogP contribution is -2.39. The molecule has 1 aliphatic heterocycles. The number of amides is 1. The first-order chi connectivity index (χ1) is 15.2. The van der Waals surface area contributed by atoms with Crippen LogP contribution in [0.25, 0.3) is 22.3 Å². The molecule has 0 aliphatic carbocycles. The van der Waals surface area contributed by atoms with Gasteiger partial charge < -0.3 is 14.6 Å². The Kier molecular flexibility index (Phi) is 5.53. The number of carbonyl (C=O) groups excluding carboxylic acids is 1. The van der Waals surface area contributed by atoms with Gasteiger partial charge in [-0.05, 0) is 42.5 Å². The van der Waals surface area contributed by atoms with Crippen LogP contribution >= 0.6 is 11.3 Å². The molecule has 0 radical (unpaired) electrons. The molecule has 6 nitrogen and oxygen atoms in total. The minimum absolute atomic E-state index is 0.113. The zero-order valence-corrected chi connectivity index (χ0v) is 18.2. The van der Waals surface area contributed by atoms with E-state index >= 15 is 0 Å². The molecule has 5 rings (SSSR count). The molecule has 0 unspecified atom stereocenters. The van der Waals surface area contributed by atoms with E-state index in [9.17, 15) is 4.79 Å². The third kappa shape index (κ3) is 4.24. The molecular weight excluding hydrogens is 408 g/mol. The van der Waals surface area contributed by atoms with E-state index in [0.29, 0.717) is 18.9 Å². The summed E-state index contributed by atoms with van der Waals surface area (Å²) in [4.78, 5) is 21.9. The lowest BCUT2D eigenvalue weighted by Gasteiger charge is -2.23. The lowest BCUT2D eigenvalue weighted by molar-refractivity contribution is 0.0694. The molecule has 1 aliphatic rings. The number of aryl methyl sites for hydroxylation is 1. The molecule has 7 heteroatoms. The van der Waals surface area contributed by atoms with Crippen molar-refractivity contribution in [1.29, 1.82) is 0 Å². The molecule has 4 aromatic rings. The van der Waals surface area contributed by atoms with Crippen molar-refractivity contribution in [2.75, 3.05) is 13.2 Å². The maximum absolute atomic E-state index is 12.9. The highest BCUT2D eigenvalue weighted by Gasteiger charge is 2.20. The van der Waals surface area contributed by atoms with E-state index in [2.05, 4.69) is 49.5 Å². The number of hydrogen-bond acceptors (Lipinski definition) is 5. The van der Waals surface area contributed by atoms with E-state index in [1.54, 1.807) is 11.3 Å². The van der Waals surface area contributed by atoms with Gasteiger partial charge in [0.05, 0.1) is 22.2 Å². The van der Waals surface area contributed by atoms with Gasteiger partial charge in [-0.15, -0.1) is 11.3 Å². The first kappa shape index (κ1) is 19.9. The molecule has 0 bridgehead atoms. The number of nitrogens with one attached hydrogen (secondary N) is 1. The molecule has 1 saturated heterocycles. The minimum atomic E-state index is -0.113. The van der Waals surface area contributed by atoms with Crippen molar-refractivity contribution >= 4 is 28.3 Å². The molecule has 0 atom stereocenters. The molecule has 3 aromatic heterocycles. The van der Waals surface area contributed by atoms with E-state index in [1.165, 1.54) is 5.56 Å². The largest absolute Gasteiger partial charge is 0.381 e. The number of carbonyl (C=O) groups is 1. The standard InChI is InChI=1S/C24H24N4O2S/c1-28-9-6-20-23(28)18(12-16-2-4-17(5-3-16)22-14-31-15-25-22)13-21(27-20)24(29)26-19-7-10-30-11-8-19/h2-6,9,13-15,19H,7-8,10-12H2,1H3,(H,26,29). The van der Waals surface area contributed by atoms with Crippen LogP contribution in [0, 0.1) is 0 Å². The number of nitrogens with zero attached hydrogens (tertiary/aromatic N) is 3. The normalized spacial score (nSPS) is 14.7. The van der Waals surface area contributed by atoms with Crippen LogP contribution in [0.15, 0.2) is 53.5 Å². The topological polar surface area (TPSA) is 69.0 Å². The highest BCUT2D eigenvalue weighted by atomic mass is 32.1. The summed E-state index contributed by atoms with van der Waals surface area (Å²) < 4.78 is 7.46. The molecular formula is C24H24N4O2S. The van der Waals surface area contributed by atoms with E-state index in [1.807, 2.05) is 30.9 Å². The van der Waals surface area contributed by atoms with Crippen molar-refractivity contribution in [3.05, 3.63) is 70.3 Å². The molecule has 0 spiro atoms. The number of benzene rings is 1. The Bertz CT molecular complexity index is 1190. The molecule has 4 heterocycles. The summed E-state index contributed by atoms with van der Waals surface area (Å²) >= 11 is 1.60. The van der Waals surface area contributed by atoms with Crippen molar-refractivity contribution in [3.63, 3.8) is 0 Å². The second-order valence-electron chi connectivity index (χ2n) is 7.93. The maximum Gasteiger partial charge on any atom is 0.270 e. The van der Waals surface area contributed by atoms with Gasteiger partial charge in [0.25, 0.3) is 5.91 Å². The minimum Gasteiger partial charge on any atom is -0.381 e. The quantitative estimate of drug-likeness (QED) is 0.513. The zero-order chi connectivity index (χ0) is 21.2. The Morgan fingerprint density at radius 2 is 2.03 bits per heavy atom. The van der Waals surface area contributed by atoms with E-state index in [4.69, 9.17) is 4.74 Å². The van der Waals surface area contributed by atoms with Crippen molar-refractivity contribution in [2.24, 2.45) is 7.05 Å². The Morgan fingerprint density at radius 3 is 2.77 bits per heavy atom. The smallest absolute Gasteiger partial charge is 0.270 e. The van der Waals surface area contributed by atoms with Gasteiger partial charge in [0.1, 0.15) is 5.69 Å². The number of aromatic nitrogens is 3. The van der Waals surface area contributed by atoms with Crippen LogP contribution in [0.5, 0.6) is 0 Å². The fraction of sp³-hybridized carbons (Fsp3) is 0.292. The summed E-state index contributed by atoms with van der Waals surface area (Å²) in [5.41, 5.74) is 8.61. The van der Waals surface area contributed by atoms with Crippen LogP contribution in [0.2, 0.25) is 0 Å². The van der Waals surface area contributed by atoms with Gasteiger partial charge in [0.15, 0.2) is 0 Å². The first-order valence-electron chi connectivity index (χ1n) is 10.5. The van der Waals surface area contributed by atoms with Crippen LogP contribution < -0.4 is 5.32 Å². The second-order valence-corrected chi connectivity index (χ2v) is 8.65. The molecule has 1 N–H and O–H groups in total. The predicted octanol–water partition coefficient (Wildman–Crippen LogP) is 4.20. The number of rotatable bonds is 5. The SMILES string of the molecule is Cn1ccc2nc(C(=O)NC3CCOCC3)cc(Cc3ccc(-c4cscn4)cc3)c21. The van der Waals surface area contributed by atoms with Crippen molar-refractivity contribution in [2.45, 2.75) is 25.3 Å². The average Bonchev–Trinajstić information content (AvgIpc) is 3.45. The van der Waals surface area contributed by atoms with Crippen LogP contribution in [-0.4, -0.2) is 39.7 Å². The van der Waals surface area contributed by atoms with E-state index in [-0.39, 0.29) is 11.9 Å². The Balaban J connectivity index is 1.43. The second kappa shape index (κ2) is 8.61. The van der Waals surface area contributed by atoms with Crippen LogP contribution in [0.4, 0.5) is 0 Å². The lowest BCUT2D eigenvalue weighted by atomic mass is 10.0. The number of ether oxygens (including phenoxy) is 1.